The first-order valence-corrected chi connectivity index (χ1v) is 15.8. The summed E-state index contributed by atoms with van der Waals surface area (Å²) in [7, 11) is 0. The highest BCUT2D eigenvalue weighted by Gasteiger charge is 2.45. The summed E-state index contributed by atoms with van der Waals surface area (Å²) in [6.45, 7) is 4.50. The molecule has 12 nitrogen and oxygen atoms in total. The molecular weight excluding hydrogens is 591 g/mol. The van der Waals surface area contributed by atoms with E-state index in [0.29, 0.717) is 61.7 Å². The number of piperidine rings is 1. The van der Waals surface area contributed by atoms with E-state index in [-0.39, 0.29) is 25.3 Å². The average Bonchev–Trinajstić information content (AvgIpc) is 3.95. The molecule has 0 spiro atoms. The second-order valence-electron chi connectivity index (χ2n) is 12.5. The number of hydrogen-bond acceptors (Lipinski definition) is 8. The number of imidazole rings is 1. The van der Waals surface area contributed by atoms with Crippen molar-refractivity contribution < 1.29 is 27.5 Å². The number of aromatic nitrogens is 6. The molecule has 7 rings (SSSR count). The highest BCUT2D eigenvalue weighted by molar-refractivity contribution is 5.90. The smallest absolute Gasteiger partial charge is 0.378 e. The quantitative estimate of drug-likeness (QED) is 0.367. The predicted octanol–water partition coefficient (Wildman–Crippen LogP) is 2.80. The second kappa shape index (κ2) is 12.9. The molecule has 2 amide bonds. The van der Waals surface area contributed by atoms with Gasteiger partial charge in [0.2, 0.25) is 5.91 Å². The van der Waals surface area contributed by atoms with Gasteiger partial charge in [-0.15, -0.1) is 0 Å². The molecule has 0 radical (unpaired) electrons. The van der Waals surface area contributed by atoms with Crippen LogP contribution < -0.4 is 16.0 Å². The van der Waals surface area contributed by atoms with Crippen LogP contribution >= 0.6 is 0 Å². The largest absolute Gasteiger partial charge is 0.393 e. The third kappa shape index (κ3) is 7.39. The summed E-state index contributed by atoms with van der Waals surface area (Å²) in [4.78, 5) is 34.7. The van der Waals surface area contributed by atoms with Crippen molar-refractivity contribution in [3.05, 3.63) is 35.5 Å². The number of anilines is 1. The summed E-state index contributed by atoms with van der Waals surface area (Å²) in [5.41, 5.74) is 6.99. The van der Waals surface area contributed by atoms with Gasteiger partial charge in [0.05, 0.1) is 31.0 Å². The molecule has 244 valence electrons. The highest BCUT2D eigenvalue weighted by Crippen LogP contribution is 2.50. The van der Waals surface area contributed by atoms with Crippen molar-refractivity contribution in [3.8, 4) is 0 Å². The molecule has 15 heteroatoms. The maximum atomic E-state index is 13.4. The Morgan fingerprint density at radius 2 is 1.87 bits per heavy atom. The first-order chi connectivity index (χ1) is 21.6. The van der Waals surface area contributed by atoms with Crippen molar-refractivity contribution in [3.63, 3.8) is 0 Å². The first-order valence-electron chi connectivity index (χ1n) is 15.8. The Morgan fingerprint density at radius 3 is 2.47 bits per heavy atom. The second-order valence-corrected chi connectivity index (χ2v) is 12.5. The molecule has 0 aromatic carbocycles. The van der Waals surface area contributed by atoms with Gasteiger partial charge in [0.1, 0.15) is 11.4 Å². The molecule has 3 aromatic rings. The first kappa shape index (κ1) is 31.2. The summed E-state index contributed by atoms with van der Waals surface area (Å²) >= 11 is 0. The monoisotopic (exact) mass is 631 g/mol. The number of fused-ring (bicyclic) bond motifs is 1. The fraction of sp³-hybridized carbons (Fsp3) is 0.667. The fourth-order valence-electron chi connectivity index (χ4n) is 6.51. The number of nitrogens with one attached hydrogen (secondary N) is 1. The number of rotatable bonds is 9. The van der Waals surface area contributed by atoms with E-state index in [1.165, 1.54) is 25.7 Å². The number of carbonyl (C=O) groups excluding carboxylic acids is 2. The van der Waals surface area contributed by atoms with Crippen molar-refractivity contribution in [1.29, 1.82) is 0 Å². The number of morpholine rings is 1. The van der Waals surface area contributed by atoms with Gasteiger partial charge in [-0.25, -0.2) is 9.50 Å². The van der Waals surface area contributed by atoms with Crippen molar-refractivity contribution in [2.24, 2.45) is 35.3 Å². The number of nitrogens with zero attached hydrogens (tertiary/aromatic N) is 7. The molecule has 3 N–H and O–H groups in total. The molecule has 0 bridgehead atoms. The van der Waals surface area contributed by atoms with E-state index in [0.717, 1.165) is 24.0 Å². The van der Waals surface area contributed by atoms with Crippen LogP contribution in [0.4, 0.5) is 19.0 Å². The zero-order chi connectivity index (χ0) is 31.7. The Kier molecular flexibility index (Phi) is 8.98. The van der Waals surface area contributed by atoms with Crippen molar-refractivity contribution in [1.82, 2.24) is 34.7 Å². The number of primary amides is 1. The Balaban J connectivity index is 0.000000306. The number of aryl methyl sites for hydroxylation is 1. The topological polar surface area (TPSA) is 146 Å². The average molecular weight is 632 g/mol. The van der Waals surface area contributed by atoms with Crippen LogP contribution in [0.3, 0.4) is 0 Å². The van der Waals surface area contributed by atoms with Crippen LogP contribution in [0.15, 0.2) is 18.5 Å². The van der Waals surface area contributed by atoms with Gasteiger partial charge in [0, 0.05) is 44.7 Å². The zero-order valence-corrected chi connectivity index (χ0v) is 25.4. The molecule has 2 atom stereocenters. The number of ether oxygens (including phenoxy) is 1. The minimum atomic E-state index is -4.34. The number of halogens is 3. The summed E-state index contributed by atoms with van der Waals surface area (Å²) in [5.74, 6) is 0.233. The maximum Gasteiger partial charge on any atom is 0.393 e. The molecule has 2 saturated carbocycles. The van der Waals surface area contributed by atoms with Gasteiger partial charge in [-0.3, -0.25) is 14.3 Å². The van der Waals surface area contributed by atoms with Crippen molar-refractivity contribution in [2.45, 2.75) is 64.6 Å². The number of alkyl halides is 3. The van der Waals surface area contributed by atoms with Gasteiger partial charge >= 0.3 is 6.18 Å². The van der Waals surface area contributed by atoms with Gasteiger partial charge in [-0.2, -0.15) is 28.4 Å². The lowest BCUT2D eigenvalue weighted by Gasteiger charge is -2.32. The molecule has 45 heavy (non-hydrogen) atoms. The standard InChI is InChI=1S/C24H31F3N6O2.C6H9N3O/c25-24(26,27)17-9-16(22(34)28-12-17)10-20-21(32-5-7-35-8-6-32)30-23-29-18(13-33(23)31-20)11-19(14-1-2-14)15-3-4-15;1-2-9-5(6(7)10)3-4-8-9/h13-17,19H,1-12H2,(H,28,34);3-4H,2H2,1H3,(H2,7,10). The maximum absolute atomic E-state index is 13.4. The highest BCUT2D eigenvalue weighted by atomic mass is 19.4. The molecule has 2 aliphatic heterocycles. The number of hydrogen-bond donors (Lipinski definition) is 2. The van der Waals surface area contributed by atoms with E-state index in [1.54, 1.807) is 21.5 Å². The Morgan fingerprint density at radius 1 is 1.16 bits per heavy atom. The summed E-state index contributed by atoms with van der Waals surface area (Å²) < 4.78 is 48.8. The molecule has 2 aliphatic carbocycles. The summed E-state index contributed by atoms with van der Waals surface area (Å²) in [5, 5.41) is 11.1. The minimum absolute atomic E-state index is 0.105. The van der Waals surface area contributed by atoms with Crippen molar-refractivity contribution in [2.75, 3.05) is 37.7 Å². The van der Waals surface area contributed by atoms with Crippen LogP contribution in [0.25, 0.3) is 5.78 Å². The third-order valence-electron chi connectivity index (χ3n) is 9.26. The minimum Gasteiger partial charge on any atom is -0.378 e. The van der Waals surface area contributed by atoms with Crippen LogP contribution in [0.2, 0.25) is 0 Å². The molecular formula is C30H40F3N9O3. The normalized spacial score (nSPS) is 22.3. The number of nitrogens with two attached hydrogens (primary N) is 1. The molecule has 4 fully saturated rings. The van der Waals surface area contributed by atoms with Gasteiger partial charge in [-0.1, -0.05) is 0 Å². The van der Waals surface area contributed by atoms with Crippen LogP contribution in [0.1, 0.15) is 60.9 Å². The fourth-order valence-corrected chi connectivity index (χ4v) is 6.51. The lowest BCUT2D eigenvalue weighted by molar-refractivity contribution is -0.183. The van der Waals surface area contributed by atoms with E-state index in [2.05, 4.69) is 10.4 Å². The molecule has 2 saturated heterocycles. The van der Waals surface area contributed by atoms with Crippen molar-refractivity contribution >= 4 is 23.4 Å². The van der Waals surface area contributed by atoms with Gasteiger partial charge in [0.25, 0.3) is 11.7 Å². The van der Waals surface area contributed by atoms with E-state index >= 15 is 0 Å². The molecule has 2 unspecified atom stereocenters. The lowest BCUT2D eigenvalue weighted by atomic mass is 9.86. The summed E-state index contributed by atoms with van der Waals surface area (Å²) in [6.07, 6.45) is 5.13. The zero-order valence-electron chi connectivity index (χ0n) is 25.4. The van der Waals surface area contributed by atoms with Crippen LogP contribution in [-0.2, 0) is 28.9 Å². The SMILES string of the molecule is CCn1nccc1C(N)=O.O=C1NCC(C(F)(F)F)CC1Cc1nn2cc(CC(C3CC3)C3CC3)nc2nc1N1CCOCC1. The van der Waals surface area contributed by atoms with Crippen LogP contribution in [0, 0.1) is 29.6 Å². The van der Waals surface area contributed by atoms with E-state index in [9.17, 15) is 22.8 Å². The Labute approximate surface area is 258 Å². The predicted molar refractivity (Wildman–Crippen MR) is 157 cm³/mol. The van der Waals surface area contributed by atoms with Crippen LogP contribution in [-0.4, -0.2) is 80.2 Å². The number of carbonyl (C=O) groups is 2. The van der Waals surface area contributed by atoms with E-state index < -0.39 is 23.9 Å². The van der Waals surface area contributed by atoms with Gasteiger partial charge in [-0.05, 0) is 69.3 Å². The van der Waals surface area contributed by atoms with Gasteiger partial charge in [0.15, 0.2) is 5.82 Å². The third-order valence-corrected chi connectivity index (χ3v) is 9.26. The van der Waals surface area contributed by atoms with E-state index in [4.69, 9.17) is 25.5 Å². The Hall–Kier alpha value is -3.75. The number of amides is 2. The molecule has 4 aliphatic rings. The van der Waals surface area contributed by atoms with Gasteiger partial charge < -0.3 is 20.7 Å². The van der Waals surface area contributed by atoms with E-state index in [1.807, 2.05) is 18.0 Å². The lowest BCUT2D eigenvalue weighted by Crippen LogP contribution is -2.47. The molecule has 5 heterocycles. The summed E-state index contributed by atoms with van der Waals surface area (Å²) in [6, 6.07) is 1.60. The van der Waals surface area contributed by atoms with Crippen LogP contribution in [0.5, 0.6) is 0 Å². The Bertz CT molecular complexity index is 1500. The molecule has 3 aromatic heterocycles.